The number of hydrogen-bond acceptors (Lipinski definition) is 5. The van der Waals surface area contributed by atoms with Gasteiger partial charge in [-0.15, -0.1) is 0 Å². The molecule has 0 saturated carbocycles. The molecule has 0 aromatic carbocycles. The van der Waals surface area contributed by atoms with Crippen molar-refractivity contribution < 1.29 is 4.42 Å². The van der Waals surface area contributed by atoms with Crippen molar-refractivity contribution in [2.75, 3.05) is 24.3 Å². The predicted octanol–water partition coefficient (Wildman–Crippen LogP) is 1.75. The van der Waals surface area contributed by atoms with E-state index in [0.29, 0.717) is 12.5 Å². The van der Waals surface area contributed by atoms with E-state index in [9.17, 15) is 0 Å². The number of anilines is 2. The number of rotatable bonds is 4. The first kappa shape index (κ1) is 10.5. The second kappa shape index (κ2) is 4.65. The van der Waals surface area contributed by atoms with Gasteiger partial charge in [0.1, 0.15) is 5.82 Å². The summed E-state index contributed by atoms with van der Waals surface area (Å²) in [6, 6.07) is 3.76. The van der Waals surface area contributed by atoms with E-state index in [1.807, 2.05) is 31.1 Å². The fourth-order valence-corrected chi connectivity index (χ4v) is 1.25. The highest BCUT2D eigenvalue weighted by molar-refractivity contribution is 5.40. The zero-order valence-electron chi connectivity index (χ0n) is 9.34. The van der Waals surface area contributed by atoms with Crippen molar-refractivity contribution in [3.8, 4) is 0 Å². The molecule has 0 atom stereocenters. The van der Waals surface area contributed by atoms with Gasteiger partial charge in [-0.25, -0.2) is 4.98 Å². The van der Waals surface area contributed by atoms with Crippen molar-refractivity contribution in [2.24, 2.45) is 0 Å². The summed E-state index contributed by atoms with van der Waals surface area (Å²) in [5.74, 6) is 1.50. The molecule has 0 saturated heterocycles. The summed E-state index contributed by atoms with van der Waals surface area (Å²) in [6.45, 7) is 0.695. The highest BCUT2D eigenvalue weighted by Gasteiger charge is 2.01. The molecule has 0 spiro atoms. The normalized spacial score (nSPS) is 10.1. The summed E-state index contributed by atoms with van der Waals surface area (Å²) in [5, 5.41) is 3.20. The van der Waals surface area contributed by atoms with Gasteiger partial charge in [-0.05, 0) is 12.1 Å². The molecule has 2 rings (SSSR count). The van der Waals surface area contributed by atoms with E-state index in [-0.39, 0.29) is 0 Å². The summed E-state index contributed by atoms with van der Waals surface area (Å²) in [5.41, 5.74) is 1.09. The lowest BCUT2D eigenvalue weighted by Crippen LogP contribution is -2.13. The zero-order valence-corrected chi connectivity index (χ0v) is 9.34. The quantitative estimate of drug-likeness (QED) is 0.847. The van der Waals surface area contributed by atoms with Crippen LogP contribution in [0, 0.1) is 0 Å². The Balaban J connectivity index is 2.01. The largest absolute Gasteiger partial charge is 0.472 e. The lowest BCUT2D eigenvalue weighted by Gasteiger charge is -2.11. The topological polar surface area (TPSA) is 54.2 Å². The molecule has 0 aliphatic rings. The van der Waals surface area contributed by atoms with Gasteiger partial charge in [0.05, 0.1) is 12.5 Å². The van der Waals surface area contributed by atoms with E-state index in [1.54, 1.807) is 18.7 Å². The Hall–Kier alpha value is -2.04. The molecule has 2 heterocycles. The monoisotopic (exact) mass is 218 g/mol. The van der Waals surface area contributed by atoms with E-state index in [1.165, 1.54) is 0 Å². The van der Waals surface area contributed by atoms with E-state index in [2.05, 4.69) is 15.3 Å². The molecule has 0 fully saturated rings. The molecule has 1 N–H and O–H groups in total. The Labute approximate surface area is 94.1 Å². The van der Waals surface area contributed by atoms with E-state index < -0.39 is 0 Å². The van der Waals surface area contributed by atoms with Gasteiger partial charge in [-0.3, -0.25) is 0 Å². The lowest BCUT2D eigenvalue weighted by molar-refractivity contribution is 0.564. The lowest BCUT2D eigenvalue weighted by atomic mass is 10.3. The average molecular weight is 218 g/mol. The van der Waals surface area contributed by atoms with Gasteiger partial charge >= 0.3 is 0 Å². The van der Waals surface area contributed by atoms with Gasteiger partial charge in [0.2, 0.25) is 5.95 Å². The smallest absolute Gasteiger partial charge is 0.226 e. The molecule has 84 valence electrons. The van der Waals surface area contributed by atoms with Crippen molar-refractivity contribution in [2.45, 2.75) is 6.54 Å². The first-order chi connectivity index (χ1) is 7.75. The number of nitrogens with zero attached hydrogens (tertiary/aromatic N) is 3. The number of nitrogens with one attached hydrogen (secondary N) is 1. The number of hydrogen-bond donors (Lipinski definition) is 1. The summed E-state index contributed by atoms with van der Waals surface area (Å²) < 4.78 is 4.98. The summed E-state index contributed by atoms with van der Waals surface area (Å²) >= 11 is 0. The zero-order chi connectivity index (χ0) is 11.4. The fourth-order valence-electron chi connectivity index (χ4n) is 1.25. The first-order valence-electron chi connectivity index (χ1n) is 5.01. The maximum atomic E-state index is 4.98. The van der Waals surface area contributed by atoms with Gasteiger partial charge < -0.3 is 14.6 Å². The molecule has 0 unspecified atom stereocenters. The third-order valence-corrected chi connectivity index (χ3v) is 2.10. The second-order valence-electron chi connectivity index (χ2n) is 3.62. The van der Waals surface area contributed by atoms with Crippen LogP contribution in [0.1, 0.15) is 5.56 Å². The standard InChI is InChI=1S/C11H14N4O/c1-15(2)11-12-5-3-10(14-11)13-7-9-4-6-16-8-9/h3-6,8H,7H2,1-2H3,(H,12,13,14). The highest BCUT2D eigenvalue weighted by Crippen LogP contribution is 2.09. The van der Waals surface area contributed by atoms with E-state index in [4.69, 9.17) is 4.42 Å². The Morgan fingerprint density at radius 3 is 2.94 bits per heavy atom. The summed E-state index contributed by atoms with van der Waals surface area (Å²) in [4.78, 5) is 10.3. The molecule has 0 radical (unpaired) electrons. The van der Waals surface area contributed by atoms with Crippen LogP contribution in [0.2, 0.25) is 0 Å². The molecule has 0 aliphatic heterocycles. The van der Waals surface area contributed by atoms with Gasteiger partial charge in [0.25, 0.3) is 0 Å². The predicted molar refractivity (Wildman–Crippen MR) is 62.4 cm³/mol. The van der Waals surface area contributed by atoms with E-state index in [0.717, 1.165) is 11.4 Å². The molecule has 5 nitrogen and oxygen atoms in total. The van der Waals surface area contributed by atoms with Crippen LogP contribution in [0.25, 0.3) is 0 Å². The van der Waals surface area contributed by atoms with Crippen molar-refractivity contribution in [1.82, 2.24) is 9.97 Å². The molecule has 16 heavy (non-hydrogen) atoms. The molecule has 2 aromatic heterocycles. The van der Waals surface area contributed by atoms with Crippen LogP contribution in [-0.4, -0.2) is 24.1 Å². The highest BCUT2D eigenvalue weighted by atomic mass is 16.3. The third-order valence-electron chi connectivity index (χ3n) is 2.10. The van der Waals surface area contributed by atoms with Gasteiger partial charge in [0, 0.05) is 32.4 Å². The molecule has 0 bridgehead atoms. The van der Waals surface area contributed by atoms with Crippen molar-refractivity contribution in [1.29, 1.82) is 0 Å². The first-order valence-corrected chi connectivity index (χ1v) is 5.01. The Morgan fingerprint density at radius 2 is 2.25 bits per heavy atom. The molecular weight excluding hydrogens is 204 g/mol. The number of aromatic nitrogens is 2. The summed E-state index contributed by atoms with van der Waals surface area (Å²) in [7, 11) is 3.82. The molecule has 0 aliphatic carbocycles. The van der Waals surface area contributed by atoms with Gasteiger partial charge in [-0.2, -0.15) is 4.98 Å². The van der Waals surface area contributed by atoms with Crippen LogP contribution < -0.4 is 10.2 Å². The maximum absolute atomic E-state index is 4.98. The van der Waals surface area contributed by atoms with Crippen molar-refractivity contribution in [3.63, 3.8) is 0 Å². The molecule has 0 amide bonds. The van der Waals surface area contributed by atoms with Crippen LogP contribution in [0.15, 0.2) is 35.3 Å². The Morgan fingerprint density at radius 1 is 1.38 bits per heavy atom. The Kier molecular flexibility index (Phi) is 3.05. The van der Waals surface area contributed by atoms with Gasteiger partial charge in [-0.1, -0.05) is 0 Å². The summed E-state index contributed by atoms with van der Waals surface area (Å²) in [6.07, 6.45) is 5.10. The minimum atomic E-state index is 0.692. The second-order valence-corrected chi connectivity index (χ2v) is 3.62. The van der Waals surface area contributed by atoms with Crippen molar-refractivity contribution in [3.05, 3.63) is 36.4 Å². The maximum Gasteiger partial charge on any atom is 0.226 e. The average Bonchev–Trinajstić information content (AvgIpc) is 2.79. The third kappa shape index (κ3) is 2.50. The fraction of sp³-hybridized carbons (Fsp3) is 0.273. The number of furan rings is 1. The minimum Gasteiger partial charge on any atom is -0.472 e. The van der Waals surface area contributed by atoms with Crippen molar-refractivity contribution >= 4 is 11.8 Å². The van der Waals surface area contributed by atoms with Crippen LogP contribution in [0.3, 0.4) is 0 Å². The van der Waals surface area contributed by atoms with Crippen LogP contribution in [0.5, 0.6) is 0 Å². The van der Waals surface area contributed by atoms with Gasteiger partial charge in [0.15, 0.2) is 0 Å². The molecule has 5 heteroatoms. The Bertz CT molecular complexity index is 439. The molecular formula is C11H14N4O. The van der Waals surface area contributed by atoms with Crippen LogP contribution >= 0.6 is 0 Å². The van der Waals surface area contributed by atoms with Crippen LogP contribution in [0.4, 0.5) is 11.8 Å². The van der Waals surface area contributed by atoms with E-state index >= 15 is 0 Å². The SMILES string of the molecule is CN(C)c1nccc(NCc2ccoc2)n1. The van der Waals surface area contributed by atoms with Crippen LogP contribution in [-0.2, 0) is 6.54 Å². The minimum absolute atomic E-state index is 0.692. The molecule has 2 aromatic rings.